The van der Waals surface area contributed by atoms with Gasteiger partial charge in [0.05, 0.1) is 20.1 Å². The Hall–Kier alpha value is -2.69. The molecular weight excluding hydrogens is 282 g/mol. The maximum absolute atomic E-state index is 11.6. The third-order valence-corrected chi connectivity index (χ3v) is 3.55. The minimum Gasteiger partial charge on any atom is -0.493 e. The van der Waals surface area contributed by atoms with E-state index in [0.717, 1.165) is 5.56 Å². The molecule has 0 aliphatic rings. The molecule has 2 aromatic rings. The largest absolute Gasteiger partial charge is 0.493 e. The molecule has 116 valence electrons. The zero-order valence-electron chi connectivity index (χ0n) is 12.6. The van der Waals surface area contributed by atoms with Gasteiger partial charge < -0.3 is 20.3 Å². The fraction of sp³-hybridized carbons (Fsp3) is 0.235. The summed E-state index contributed by atoms with van der Waals surface area (Å²) < 4.78 is 10.6. The third kappa shape index (κ3) is 3.31. The smallest absolute Gasteiger partial charge is 0.311 e. The Morgan fingerprint density at radius 1 is 1.14 bits per heavy atom. The number of nitrogen functional groups attached to an aromatic ring is 1. The molecule has 1 unspecified atom stereocenters. The molecule has 5 nitrogen and oxygen atoms in total. The fourth-order valence-electron chi connectivity index (χ4n) is 2.41. The number of para-hydroxylation sites is 1. The number of ether oxygens (including phenoxy) is 2. The lowest BCUT2D eigenvalue weighted by molar-refractivity contribution is -0.138. The minimum atomic E-state index is -0.894. The summed E-state index contributed by atoms with van der Waals surface area (Å²) in [5.74, 6) is -0.426. The van der Waals surface area contributed by atoms with Crippen molar-refractivity contribution < 1.29 is 19.4 Å². The van der Waals surface area contributed by atoms with E-state index < -0.39 is 11.9 Å². The van der Waals surface area contributed by atoms with Gasteiger partial charge in [-0.05, 0) is 35.7 Å². The van der Waals surface area contributed by atoms with E-state index in [0.29, 0.717) is 29.2 Å². The predicted octanol–water partition coefficient (Wildman–Crippen LogP) is 2.70. The molecule has 1 atom stereocenters. The fourth-order valence-corrected chi connectivity index (χ4v) is 2.41. The summed E-state index contributed by atoms with van der Waals surface area (Å²) in [4.78, 5) is 11.6. The van der Waals surface area contributed by atoms with Crippen LogP contribution in [0.5, 0.6) is 11.5 Å². The third-order valence-electron chi connectivity index (χ3n) is 3.55. The number of carboxylic acids is 1. The van der Waals surface area contributed by atoms with Gasteiger partial charge in [-0.25, -0.2) is 0 Å². The monoisotopic (exact) mass is 301 g/mol. The van der Waals surface area contributed by atoms with Crippen LogP contribution in [0.3, 0.4) is 0 Å². The molecule has 0 radical (unpaired) electrons. The van der Waals surface area contributed by atoms with E-state index in [1.54, 1.807) is 44.6 Å². The SMILES string of the molecule is COc1cccc(CC(C(=O)O)c2ccc(N)cc2)c1OC. The Balaban J connectivity index is 2.37. The van der Waals surface area contributed by atoms with E-state index in [-0.39, 0.29) is 0 Å². The van der Waals surface area contributed by atoms with Crippen molar-refractivity contribution in [1.29, 1.82) is 0 Å². The molecule has 0 heterocycles. The first kappa shape index (κ1) is 15.7. The molecule has 0 saturated carbocycles. The van der Waals surface area contributed by atoms with Crippen molar-refractivity contribution in [1.82, 2.24) is 0 Å². The summed E-state index contributed by atoms with van der Waals surface area (Å²) in [6.45, 7) is 0. The number of anilines is 1. The normalized spacial score (nSPS) is 11.7. The van der Waals surface area contributed by atoms with Crippen LogP contribution in [0.2, 0.25) is 0 Å². The van der Waals surface area contributed by atoms with Crippen LogP contribution in [-0.4, -0.2) is 25.3 Å². The van der Waals surface area contributed by atoms with Crippen molar-refractivity contribution in [2.24, 2.45) is 0 Å². The number of benzene rings is 2. The molecule has 3 N–H and O–H groups in total. The van der Waals surface area contributed by atoms with Gasteiger partial charge >= 0.3 is 5.97 Å². The van der Waals surface area contributed by atoms with Crippen molar-refractivity contribution in [2.45, 2.75) is 12.3 Å². The topological polar surface area (TPSA) is 81.8 Å². The maximum Gasteiger partial charge on any atom is 0.311 e. The average Bonchev–Trinajstić information content (AvgIpc) is 2.52. The quantitative estimate of drug-likeness (QED) is 0.802. The van der Waals surface area contributed by atoms with Gasteiger partial charge in [0.2, 0.25) is 0 Å². The summed E-state index contributed by atoms with van der Waals surface area (Å²) in [5, 5.41) is 9.54. The number of hydrogen-bond acceptors (Lipinski definition) is 4. The van der Waals surface area contributed by atoms with Gasteiger partial charge in [0.15, 0.2) is 11.5 Å². The van der Waals surface area contributed by atoms with Crippen molar-refractivity contribution >= 4 is 11.7 Å². The standard InChI is InChI=1S/C17H19NO4/c1-21-15-5-3-4-12(16(15)22-2)10-14(17(19)20)11-6-8-13(18)9-7-11/h3-9,14H,10,18H2,1-2H3,(H,19,20). The highest BCUT2D eigenvalue weighted by molar-refractivity contribution is 5.77. The first-order valence-electron chi connectivity index (χ1n) is 6.85. The van der Waals surface area contributed by atoms with Gasteiger partial charge in [0, 0.05) is 5.69 Å². The van der Waals surface area contributed by atoms with Gasteiger partial charge in [-0.3, -0.25) is 4.79 Å². The van der Waals surface area contributed by atoms with Crippen LogP contribution in [0.1, 0.15) is 17.0 Å². The Morgan fingerprint density at radius 2 is 1.82 bits per heavy atom. The second-order valence-corrected chi connectivity index (χ2v) is 4.91. The Kier molecular flexibility index (Phi) is 4.88. The molecule has 2 rings (SSSR count). The van der Waals surface area contributed by atoms with E-state index in [4.69, 9.17) is 15.2 Å². The number of hydrogen-bond donors (Lipinski definition) is 2. The van der Waals surface area contributed by atoms with Crippen LogP contribution in [0.15, 0.2) is 42.5 Å². The highest BCUT2D eigenvalue weighted by Gasteiger charge is 2.23. The van der Waals surface area contributed by atoms with Crippen LogP contribution in [-0.2, 0) is 11.2 Å². The number of carboxylic acid groups (broad SMARTS) is 1. The highest BCUT2D eigenvalue weighted by Crippen LogP contribution is 2.34. The molecule has 0 aromatic heterocycles. The van der Waals surface area contributed by atoms with Gasteiger partial charge in [0.1, 0.15) is 0 Å². The maximum atomic E-state index is 11.6. The molecular formula is C17H19NO4. The molecule has 0 aliphatic carbocycles. The van der Waals surface area contributed by atoms with Crippen LogP contribution < -0.4 is 15.2 Å². The number of nitrogens with two attached hydrogens (primary N) is 1. The second kappa shape index (κ2) is 6.85. The predicted molar refractivity (Wildman–Crippen MR) is 84.5 cm³/mol. The lowest BCUT2D eigenvalue weighted by atomic mass is 9.91. The summed E-state index contributed by atoms with van der Waals surface area (Å²) in [6, 6.07) is 12.3. The lowest BCUT2D eigenvalue weighted by Crippen LogP contribution is -2.15. The van der Waals surface area contributed by atoms with Crippen LogP contribution in [0.4, 0.5) is 5.69 Å². The molecule has 0 bridgehead atoms. The van der Waals surface area contributed by atoms with Crippen molar-refractivity contribution in [2.75, 3.05) is 20.0 Å². The molecule has 2 aromatic carbocycles. The summed E-state index contributed by atoms with van der Waals surface area (Å²) >= 11 is 0. The van der Waals surface area contributed by atoms with Crippen LogP contribution in [0.25, 0.3) is 0 Å². The van der Waals surface area contributed by atoms with E-state index >= 15 is 0 Å². The lowest BCUT2D eigenvalue weighted by Gasteiger charge is -2.17. The van der Waals surface area contributed by atoms with Gasteiger partial charge in [0.25, 0.3) is 0 Å². The summed E-state index contributed by atoms with van der Waals surface area (Å²) in [5.41, 5.74) is 7.74. The molecule has 0 fully saturated rings. The average molecular weight is 301 g/mol. The zero-order chi connectivity index (χ0) is 16.1. The number of rotatable bonds is 6. The van der Waals surface area contributed by atoms with Gasteiger partial charge in [-0.2, -0.15) is 0 Å². The van der Waals surface area contributed by atoms with Gasteiger partial charge in [-0.15, -0.1) is 0 Å². The zero-order valence-corrected chi connectivity index (χ0v) is 12.6. The number of carbonyl (C=O) groups is 1. The molecule has 0 spiro atoms. The van der Waals surface area contributed by atoms with Crippen molar-refractivity contribution in [3.05, 3.63) is 53.6 Å². The van der Waals surface area contributed by atoms with E-state index in [1.165, 1.54) is 0 Å². The highest BCUT2D eigenvalue weighted by atomic mass is 16.5. The van der Waals surface area contributed by atoms with Crippen LogP contribution in [0, 0.1) is 0 Å². The molecule has 22 heavy (non-hydrogen) atoms. The summed E-state index contributed by atoms with van der Waals surface area (Å²) in [7, 11) is 3.09. The number of methoxy groups -OCH3 is 2. The van der Waals surface area contributed by atoms with Crippen LogP contribution >= 0.6 is 0 Å². The molecule has 5 heteroatoms. The second-order valence-electron chi connectivity index (χ2n) is 4.91. The van der Waals surface area contributed by atoms with E-state index in [2.05, 4.69) is 0 Å². The Morgan fingerprint density at radius 3 is 2.36 bits per heavy atom. The van der Waals surface area contributed by atoms with E-state index in [1.807, 2.05) is 12.1 Å². The van der Waals surface area contributed by atoms with Crippen molar-refractivity contribution in [3.63, 3.8) is 0 Å². The van der Waals surface area contributed by atoms with Crippen molar-refractivity contribution in [3.8, 4) is 11.5 Å². The van der Waals surface area contributed by atoms with Gasteiger partial charge in [-0.1, -0.05) is 24.3 Å². The molecule has 0 aliphatic heterocycles. The van der Waals surface area contributed by atoms with E-state index in [9.17, 15) is 9.90 Å². The molecule has 0 saturated heterocycles. The minimum absolute atomic E-state index is 0.305. The Bertz CT molecular complexity index is 652. The Labute approximate surface area is 129 Å². The molecule has 0 amide bonds. The summed E-state index contributed by atoms with van der Waals surface area (Å²) in [6.07, 6.45) is 0.305. The first-order chi connectivity index (χ1) is 10.6. The number of aliphatic carboxylic acids is 1. The first-order valence-corrected chi connectivity index (χ1v) is 6.85.